The number of carbonyl (C=O) groups is 1. The molecule has 11 atom stereocenters. The van der Waals surface area contributed by atoms with Crippen LogP contribution >= 0.6 is 0 Å². The van der Waals surface area contributed by atoms with E-state index in [9.17, 15) is 50.8 Å². The Bertz CT molecular complexity index is 1520. The van der Waals surface area contributed by atoms with E-state index in [4.69, 9.17) is 29.8 Å². The van der Waals surface area contributed by atoms with E-state index in [1.807, 2.05) is 12.1 Å². The maximum absolute atomic E-state index is 12.5. The molecule has 1 aromatic heterocycles. The lowest BCUT2D eigenvalue weighted by atomic mass is 10.0. The van der Waals surface area contributed by atoms with E-state index in [0.717, 1.165) is 75.7 Å². The average molecular weight is 863 g/mol. The minimum atomic E-state index is -2.38. The Labute approximate surface area is 360 Å². The third-order valence-corrected chi connectivity index (χ3v) is 10.6. The second-order valence-corrected chi connectivity index (χ2v) is 15.7. The molecule has 5 unspecified atom stereocenters. The quantitative estimate of drug-likeness (QED) is 0.0233. The molecule has 2 aliphatic heterocycles. The Morgan fingerprint density at radius 2 is 1.44 bits per heavy atom. The molecule has 0 aliphatic carbocycles. The van der Waals surface area contributed by atoms with Crippen molar-refractivity contribution in [2.24, 2.45) is 0 Å². The van der Waals surface area contributed by atoms with Gasteiger partial charge in [0.1, 0.15) is 48.6 Å². The summed E-state index contributed by atoms with van der Waals surface area (Å²) < 4.78 is 26.7. The number of hydrogen-bond acceptors (Lipinski definition) is 15. The molecule has 3 rings (SSSR count). The van der Waals surface area contributed by atoms with Crippen LogP contribution in [0.2, 0.25) is 0 Å². The third kappa shape index (κ3) is 18.6. The first-order valence-electron chi connectivity index (χ1n) is 21.7. The Balaban J connectivity index is 1.21. The fourth-order valence-corrected chi connectivity index (χ4v) is 7.05. The number of furan rings is 1. The zero-order valence-electron chi connectivity index (χ0n) is 35.2. The van der Waals surface area contributed by atoms with Crippen molar-refractivity contribution in [3.05, 3.63) is 72.3 Å². The van der Waals surface area contributed by atoms with Crippen molar-refractivity contribution in [1.82, 2.24) is 0 Å². The maximum Gasteiger partial charge on any atom is 0.308 e. The van der Waals surface area contributed by atoms with Gasteiger partial charge in [0.2, 0.25) is 5.79 Å². The van der Waals surface area contributed by atoms with Gasteiger partial charge < -0.3 is 69.3 Å². The van der Waals surface area contributed by atoms with Gasteiger partial charge in [-0.15, -0.1) is 12.3 Å². The number of terminal acetylenes is 1. The van der Waals surface area contributed by atoms with Gasteiger partial charge in [0.05, 0.1) is 25.2 Å². The number of ether oxygens (including phenoxy) is 4. The Morgan fingerprint density at radius 1 is 0.787 bits per heavy atom. The monoisotopic (exact) mass is 862 g/mol. The first kappa shape index (κ1) is 52.1. The Kier molecular flexibility index (Phi) is 25.0. The van der Waals surface area contributed by atoms with Gasteiger partial charge in [0, 0.05) is 19.3 Å². The van der Waals surface area contributed by atoms with Gasteiger partial charge in [-0.05, 0) is 82.8 Å². The van der Waals surface area contributed by atoms with Crippen LogP contribution in [0.25, 0.3) is 0 Å². The van der Waals surface area contributed by atoms with Crippen LogP contribution < -0.4 is 0 Å². The average Bonchev–Trinajstić information content (AvgIpc) is 3.79. The van der Waals surface area contributed by atoms with E-state index in [1.54, 1.807) is 0 Å². The first-order valence-corrected chi connectivity index (χ1v) is 21.7. The summed E-state index contributed by atoms with van der Waals surface area (Å²) in [4.78, 5) is 12.5. The third-order valence-electron chi connectivity index (χ3n) is 10.6. The highest BCUT2D eigenvalue weighted by molar-refractivity contribution is 5.70. The van der Waals surface area contributed by atoms with E-state index >= 15 is 0 Å². The van der Waals surface area contributed by atoms with E-state index in [1.165, 1.54) is 19.3 Å². The molecule has 61 heavy (non-hydrogen) atoms. The highest BCUT2D eigenvalue weighted by atomic mass is 16.8. The molecule has 0 saturated carbocycles. The number of carbonyl (C=O) groups excluding carboxylic acids is 1. The smallest absolute Gasteiger partial charge is 0.308 e. The molecule has 15 heteroatoms. The fourth-order valence-electron chi connectivity index (χ4n) is 7.05. The summed E-state index contributed by atoms with van der Waals surface area (Å²) >= 11 is 0. The summed E-state index contributed by atoms with van der Waals surface area (Å²) in [5.74, 6) is 1.11. The number of allylic oxidation sites excluding steroid dienone is 8. The predicted molar refractivity (Wildman–Crippen MR) is 225 cm³/mol. The molecule has 0 spiro atoms. The van der Waals surface area contributed by atoms with Crippen LogP contribution in [0.1, 0.15) is 114 Å². The number of hydrogen-bond donors (Lipinski definition) is 9. The van der Waals surface area contributed by atoms with Crippen LogP contribution in [0.3, 0.4) is 0 Å². The molecule has 3 heterocycles. The summed E-state index contributed by atoms with van der Waals surface area (Å²) in [6, 6.07) is 4.01. The van der Waals surface area contributed by atoms with Crippen LogP contribution in [-0.4, -0.2) is 132 Å². The molecular weight excluding hydrogens is 792 g/mol. The largest absolute Gasteiger partial charge is 0.466 e. The second kappa shape index (κ2) is 29.2. The highest BCUT2D eigenvalue weighted by Gasteiger charge is 2.58. The van der Waals surface area contributed by atoms with E-state index in [-0.39, 0.29) is 6.42 Å². The molecule has 9 N–H and O–H groups in total. The van der Waals surface area contributed by atoms with Crippen LogP contribution in [0, 0.1) is 12.3 Å². The predicted octanol–water partition coefficient (Wildman–Crippen LogP) is 3.31. The minimum Gasteiger partial charge on any atom is -0.466 e. The van der Waals surface area contributed by atoms with Crippen molar-refractivity contribution < 1.29 is 74.1 Å². The molecule has 2 saturated heterocycles. The number of aryl methyl sites for hydroxylation is 1. The van der Waals surface area contributed by atoms with E-state index < -0.39 is 92.8 Å². The summed E-state index contributed by atoms with van der Waals surface area (Å²) in [6.07, 6.45) is 20.2. The van der Waals surface area contributed by atoms with Gasteiger partial charge in [-0.1, -0.05) is 67.9 Å². The molecule has 0 amide bonds. The molecule has 0 aromatic carbocycles. The van der Waals surface area contributed by atoms with Crippen molar-refractivity contribution in [3.63, 3.8) is 0 Å². The van der Waals surface area contributed by atoms with Crippen molar-refractivity contribution in [2.75, 3.05) is 13.2 Å². The lowest BCUT2D eigenvalue weighted by molar-refractivity contribution is -0.402. The summed E-state index contributed by atoms with van der Waals surface area (Å²) in [5, 5.41) is 91.8. The first-order chi connectivity index (χ1) is 29.4. The molecule has 2 fully saturated rings. The van der Waals surface area contributed by atoms with Crippen molar-refractivity contribution in [1.29, 1.82) is 0 Å². The number of aliphatic hydroxyl groups is 9. The van der Waals surface area contributed by atoms with Gasteiger partial charge in [0.15, 0.2) is 18.7 Å². The normalized spacial score (nSPS) is 28.1. The molecular formula is C46H70O15. The summed E-state index contributed by atoms with van der Waals surface area (Å²) in [7, 11) is 0. The Hall–Kier alpha value is -3.21. The number of aliphatic hydroxyl groups excluding tert-OH is 9. The molecule has 1 aromatic rings. The van der Waals surface area contributed by atoms with Crippen LogP contribution in [0.15, 0.2) is 65.2 Å². The Morgan fingerprint density at radius 3 is 2.15 bits per heavy atom. The lowest BCUT2D eigenvalue weighted by Gasteiger charge is -2.43. The minimum absolute atomic E-state index is 0.121. The molecule has 2 aliphatic rings. The highest BCUT2D eigenvalue weighted by Crippen LogP contribution is 2.36. The lowest BCUT2D eigenvalue weighted by Crippen LogP contribution is -2.63. The van der Waals surface area contributed by atoms with Gasteiger partial charge in [-0.3, -0.25) is 4.79 Å². The maximum atomic E-state index is 12.5. The SMILES string of the molecule is C#CCCCCCCC=CCCC=CCC=CCCc1ccc(CC=CCCCCC(O)CC(O)CC(=O)O[C@H]2C(O)O[C@H](O[C@]3(CO)O[C@H](CO)C(O)[C@H]3O)C(O)[C@H]2O)o1. The second-order valence-electron chi connectivity index (χ2n) is 15.7. The van der Waals surface area contributed by atoms with Crippen molar-refractivity contribution in [2.45, 2.75) is 183 Å². The van der Waals surface area contributed by atoms with Crippen LogP contribution in [0.5, 0.6) is 0 Å². The zero-order chi connectivity index (χ0) is 44.5. The molecule has 15 nitrogen and oxygen atoms in total. The summed E-state index contributed by atoms with van der Waals surface area (Å²) in [6.45, 7) is -1.81. The number of rotatable bonds is 30. The van der Waals surface area contributed by atoms with Crippen LogP contribution in [-0.2, 0) is 36.6 Å². The van der Waals surface area contributed by atoms with E-state index in [2.05, 4.69) is 54.5 Å². The van der Waals surface area contributed by atoms with Gasteiger partial charge in [-0.2, -0.15) is 0 Å². The number of esters is 1. The van der Waals surface area contributed by atoms with Crippen molar-refractivity contribution >= 4 is 5.97 Å². The van der Waals surface area contributed by atoms with Gasteiger partial charge >= 0.3 is 5.97 Å². The molecule has 344 valence electrons. The van der Waals surface area contributed by atoms with E-state index in [0.29, 0.717) is 19.3 Å². The van der Waals surface area contributed by atoms with Gasteiger partial charge in [0.25, 0.3) is 0 Å². The topological polar surface area (TPSA) is 249 Å². The number of unbranched alkanes of at least 4 members (excludes halogenated alkanes) is 8. The van der Waals surface area contributed by atoms with Crippen LogP contribution in [0.4, 0.5) is 0 Å². The molecule has 0 radical (unpaired) electrons. The van der Waals surface area contributed by atoms with Crippen molar-refractivity contribution in [3.8, 4) is 12.3 Å². The standard InChI is InChI=1S/C46H70O15/c1-2-3-4-5-6-7-8-9-10-11-12-13-14-15-16-19-22-25-35-27-28-36(57-35)26-23-20-17-18-21-24-33(49)29-34(50)30-38(51)58-42-40(53)41(54)45(59-44(42)56)61-46(32-48)43(55)39(52)37(31-47)60-46/h1,9-10,13-14,16,19-20,23,27-28,33-34,37,39-45,47-50,52-56H,3-8,11-12,15,17-18,21-22,24-26,29-32H2/t33?,34?,37-,39?,40-,41?,42-,43-,44?,45-,46+/m1/s1. The summed E-state index contributed by atoms with van der Waals surface area (Å²) in [5.41, 5.74) is 0. The fraction of sp³-hybridized carbons (Fsp3) is 0.674. The molecule has 0 bridgehead atoms. The zero-order valence-corrected chi connectivity index (χ0v) is 35.2. The van der Waals surface area contributed by atoms with Gasteiger partial charge in [-0.25, -0.2) is 0 Å².